The van der Waals surface area contributed by atoms with Gasteiger partial charge in [-0.3, -0.25) is 4.79 Å². The first-order valence-electron chi connectivity index (χ1n) is 11.0. The Labute approximate surface area is 207 Å². The van der Waals surface area contributed by atoms with Crippen molar-refractivity contribution in [3.05, 3.63) is 137 Å². The molecule has 3 nitrogen and oxygen atoms in total. The Balaban J connectivity index is 1.48. The third-order valence-electron chi connectivity index (χ3n) is 5.64. The molecule has 0 spiro atoms. The predicted octanol–water partition coefficient (Wildman–Crippen LogP) is 7.90. The summed E-state index contributed by atoms with van der Waals surface area (Å²) in [6, 6.07) is 35.1. The maximum Gasteiger partial charge on any atom is 0.288 e. The van der Waals surface area contributed by atoms with Crippen LogP contribution in [0.25, 0.3) is 11.0 Å². The first-order valence-corrected chi connectivity index (χ1v) is 12.3. The number of halogens is 1. The molecule has 0 radical (unpaired) electrons. The molecule has 0 aliphatic rings. The number of carbonyl (C=O) groups is 1. The van der Waals surface area contributed by atoms with Gasteiger partial charge in [-0.25, -0.2) is 0 Å². The van der Waals surface area contributed by atoms with E-state index in [-0.39, 0.29) is 11.9 Å². The minimum Gasteiger partial charge on any atom is -0.451 e. The number of para-hydroxylation sites is 1. The van der Waals surface area contributed by atoms with Gasteiger partial charge in [0.05, 0.1) is 6.04 Å². The number of furan rings is 1. The third-order valence-corrected chi connectivity index (χ3v) is 6.93. The van der Waals surface area contributed by atoms with E-state index in [0.29, 0.717) is 22.1 Å². The van der Waals surface area contributed by atoms with E-state index in [0.717, 1.165) is 27.0 Å². The minimum absolute atomic E-state index is 0.236. The van der Waals surface area contributed by atoms with E-state index >= 15 is 0 Å². The number of hydrogen-bond donors (Lipinski definition) is 1. The molecule has 0 aliphatic heterocycles. The molecule has 1 amide bonds. The van der Waals surface area contributed by atoms with Gasteiger partial charge in [-0.05, 0) is 41.5 Å². The maximum atomic E-state index is 13.6. The van der Waals surface area contributed by atoms with Gasteiger partial charge in [0.25, 0.3) is 5.91 Å². The fourth-order valence-electron chi connectivity index (χ4n) is 3.96. The van der Waals surface area contributed by atoms with Crippen molar-refractivity contribution < 1.29 is 9.21 Å². The van der Waals surface area contributed by atoms with Gasteiger partial charge in [0.15, 0.2) is 5.76 Å². The summed E-state index contributed by atoms with van der Waals surface area (Å²) in [6.07, 6.45) is 0. The highest BCUT2D eigenvalue weighted by molar-refractivity contribution is 7.98. The second-order valence-corrected chi connectivity index (χ2v) is 9.36. The molecule has 0 atom stereocenters. The van der Waals surface area contributed by atoms with Crippen molar-refractivity contribution in [1.29, 1.82) is 0 Å². The van der Waals surface area contributed by atoms with Crippen LogP contribution in [0.2, 0.25) is 5.02 Å². The summed E-state index contributed by atoms with van der Waals surface area (Å²) in [5.74, 6) is 0.711. The van der Waals surface area contributed by atoms with Crippen LogP contribution in [-0.4, -0.2) is 5.91 Å². The normalized spacial score (nSPS) is 11.1. The Kier molecular flexibility index (Phi) is 6.70. The minimum atomic E-state index is -0.292. The summed E-state index contributed by atoms with van der Waals surface area (Å²) in [7, 11) is 0. The lowest BCUT2D eigenvalue weighted by molar-refractivity contribution is 0.0916. The van der Waals surface area contributed by atoms with E-state index in [2.05, 4.69) is 5.32 Å². The van der Waals surface area contributed by atoms with Crippen molar-refractivity contribution in [3.63, 3.8) is 0 Å². The summed E-state index contributed by atoms with van der Waals surface area (Å²) in [4.78, 5) is 14.7. The van der Waals surface area contributed by atoms with Crippen LogP contribution in [0.15, 0.2) is 119 Å². The van der Waals surface area contributed by atoms with Crippen LogP contribution in [0, 0.1) is 0 Å². The standard InChI is InChI=1S/C29H22ClNO2S/c30-22-15-17-23(18-16-22)34-19-25-24-13-7-8-14-26(24)33-28(25)29(32)31-27(20-9-3-1-4-10-20)21-11-5-2-6-12-21/h1-18,27H,19H2,(H,31,32). The Morgan fingerprint density at radius 2 is 1.38 bits per heavy atom. The van der Waals surface area contributed by atoms with E-state index < -0.39 is 0 Å². The van der Waals surface area contributed by atoms with Gasteiger partial charge < -0.3 is 9.73 Å². The van der Waals surface area contributed by atoms with Crippen LogP contribution in [0.3, 0.4) is 0 Å². The van der Waals surface area contributed by atoms with Crippen molar-refractivity contribution in [3.8, 4) is 0 Å². The molecule has 0 fully saturated rings. The first-order chi connectivity index (χ1) is 16.7. The zero-order valence-corrected chi connectivity index (χ0v) is 19.9. The Morgan fingerprint density at radius 3 is 2.03 bits per heavy atom. The van der Waals surface area contributed by atoms with Gasteiger partial charge in [-0.1, -0.05) is 90.5 Å². The molecule has 34 heavy (non-hydrogen) atoms. The summed E-state index contributed by atoms with van der Waals surface area (Å²) < 4.78 is 6.09. The van der Waals surface area contributed by atoms with E-state index in [1.807, 2.05) is 109 Å². The zero-order valence-electron chi connectivity index (χ0n) is 18.3. The van der Waals surface area contributed by atoms with Gasteiger partial charge in [-0.2, -0.15) is 0 Å². The fraction of sp³-hybridized carbons (Fsp3) is 0.0690. The predicted molar refractivity (Wildman–Crippen MR) is 139 cm³/mol. The van der Waals surface area contributed by atoms with E-state index in [9.17, 15) is 4.79 Å². The van der Waals surface area contributed by atoms with Crippen LogP contribution in [-0.2, 0) is 5.75 Å². The van der Waals surface area contributed by atoms with Gasteiger partial charge in [0.2, 0.25) is 0 Å². The number of amides is 1. The molecular formula is C29H22ClNO2S. The van der Waals surface area contributed by atoms with Crippen LogP contribution in [0.1, 0.15) is 33.3 Å². The monoisotopic (exact) mass is 483 g/mol. The summed E-state index contributed by atoms with van der Waals surface area (Å²) >= 11 is 7.67. The summed E-state index contributed by atoms with van der Waals surface area (Å²) in [5, 5.41) is 4.86. The Hall–Kier alpha value is -3.47. The van der Waals surface area contributed by atoms with Crippen molar-refractivity contribution >= 4 is 40.2 Å². The second kappa shape index (κ2) is 10.2. The fourth-order valence-corrected chi connectivity index (χ4v) is 5.01. The lowest BCUT2D eigenvalue weighted by atomic mass is 9.98. The van der Waals surface area contributed by atoms with Gasteiger partial charge in [-0.15, -0.1) is 11.8 Å². The van der Waals surface area contributed by atoms with E-state index in [1.54, 1.807) is 11.8 Å². The number of fused-ring (bicyclic) bond motifs is 1. The topological polar surface area (TPSA) is 42.2 Å². The Morgan fingerprint density at radius 1 is 0.794 bits per heavy atom. The lowest BCUT2D eigenvalue weighted by Gasteiger charge is -2.19. The number of carbonyl (C=O) groups excluding carboxylic acids is 1. The molecule has 1 heterocycles. The van der Waals surface area contributed by atoms with E-state index in [1.165, 1.54) is 0 Å². The molecule has 5 rings (SSSR count). The smallest absolute Gasteiger partial charge is 0.288 e. The van der Waals surface area contributed by atoms with Crippen molar-refractivity contribution in [2.24, 2.45) is 0 Å². The summed E-state index contributed by atoms with van der Waals surface area (Å²) in [6.45, 7) is 0. The molecule has 5 aromatic rings. The number of hydrogen-bond acceptors (Lipinski definition) is 3. The molecule has 0 bridgehead atoms. The molecule has 0 saturated heterocycles. The van der Waals surface area contributed by atoms with Gasteiger partial charge in [0.1, 0.15) is 5.58 Å². The number of thioether (sulfide) groups is 1. The van der Waals surface area contributed by atoms with Crippen molar-refractivity contribution in [2.75, 3.05) is 0 Å². The number of benzene rings is 4. The van der Waals surface area contributed by atoms with Gasteiger partial charge >= 0.3 is 0 Å². The number of rotatable bonds is 7. The van der Waals surface area contributed by atoms with Crippen molar-refractivity contribution in [2.45, 2.75) is 16.7 Å². The molecule has 1 aromatic heterocycles. The quantitative estimate of drug-likeness (QED) is 0.239. The molecule has 0 aliphatic carbocycles. The van der Waals surface area contributed by atoms with Gasteiger partial charge in [0, 0.05) is 26.6 Å². The molecule has 4 aromatic carbocycles. The lowest BCUT2D eigenvalue weighted by Crippen LogP contribution is -2.29. The average molecular weight is 484 g/mol. The van der Waals surface area contributed by atoms with Crippen LogP contribution >= 0.6 is 23.4 Å². The van der Waals surface area contributed by atoms with E-state index in [4.69, 9.17) is 16.0 Å². The highest BCUT2D eigenvalue weighted by Crippen LogP contribution is 2.33. The molecule has 0 saturated carbocycles. The summed E-state index contributed by atoms with van der Waals surface area (Å²) in [5.41, 5.74) is 3.61. The third kappa shape index (κ3) is 4.89. The molecular weight excluding hydrogens is 462 g/mol. The highest BCUT2D eigenvalue weighted by atomic mass is 35.5. The zero-order chi connectivity index (χ0) is 23.3. The molecule has 5 heteroatoms. The number of nitrogens with one attached hydrogen (secondary N) is 1. The Bertz CT molecular complexity index is 1360. The first kappa shape index (κ1) is 22.3. The molecule has 0 unspecified atom stereocenters. The van der Waals surface area contributed by atoms with Crippen LogP contribution < -0.4 is 5.32 Å². The average Bonchev–Trinajstić information content (AvgIpc) is 3.26. The SMILES string of the molecule is O=C(NC(c1ccccc1)c1ccccc1)c1oc2ccccc2c1CSc1ccc(Cl)cc1. The maximum absolute atomic E-state index is 13.6. The second-order valence-electron chi connectivity index (χ2n) is 7.88. The van der Waals surface area contributed by atoms with Crippen molar-refractivity contribution in [1.82, 2.24) is 5.32 Å². The molecule has 168 valence electrons. The largest absolute Gasteiger partial charge is 0.451 e. The highest BCUT2D eigenvalue weighted by Gasteiger charge is 2.24. The van der Waals surface area contributed by atoms with Crippen LogP contribution in [0.5, 0.6) is 0 Å². The molecule has 1 N–H and O–H groups in total. The van der Waals surface area contributed by atoms with Crippen LogP contribution in [0.4, 0.5) is 0 Å².